The van der Waals surface area contributed by atoms with Crippen LogP contribution in [0.4, 0.5) is 13.2 Å². The van der Waals surface area contributed by atoms with Crippen molar-refractivity contribution in [1.29, 1.82) is 0 Å². The van der Waals surface area contributed by atoms with Crippen molar-refractivity contribution < 1.29 is 17.9 Å². The van der Waals surface area contributed by atoms with Gasteiger partial charge < -0.3 is 10.5 Å². The summed E-state index contributed by atoms with van der Waals surface area (Å²) in [6.07, 6.45) is -4.41. The van der Waals surface area contributed by atoms with Crippen LogP contribution in [0.1, 0.15) is 18.5 Å². The van der Waals surface area contributed by atoms with Gasteiger partial charge in [0.25, 0.3) is 0 Å². The Hall–Kier alpha value is -1.23. The highest BCUT2D eigenvalue weighted by Gasteiger charge is 2.37. The number of hydrogen-bond donors (Lipinski definition) is 1. The van der Waals surface area contributed by atoms with E-state index in [1.54, 1.807) is 6.92 Å². The predicted molar refractivity (Wildman–Crippen MR) is 50.6 cm³/mol. The summed E-state index contributed by atoms with van der Waals surface area (Å²) in [5.74, 6) is 0.538. The van der Waals surface area contributed by atoms with Crippen LogP contribution in [0.25, 0.3) is 0 Å². The first-order valence-electron chi connectivity index (χ1n) is 4.50. The van der Waals surface area contributed by atoms with Crippen molar-refractivity contribution in [2.45, 2.75) is 19.1 Å². The summed E-state index contributed by atoms with van der Waals surface area (Å²) >= 11 is 0. The first kappa shape index (κ1) is 11.8. The van der Waals surface area contributed by atoms with Gasteiger partial charge in [0.05, 0.1) is 6.61 Å². The third-order valence-electron chi connectivity index (χ3n) is 1.90. The Morgan fingerprint density at radius 3 is 2.20 bits per heavy atom. The molecule has 0 spiro atoms. The second-order valence-electron chi connectivity index (χ2n) is 3.02. The Morgan fingerprint density at radius 1 is 1.27 bits per heavy atom. The molecule has 0 aliphatic heterocycles. The number of alkyl halides is 3. The lowest BCUT2D eigenvalue weighted by Gasteiger charge is -2.16. The van der Waals surface area contributed by atoms with Gasteiger partial charge in [-0.25, -0.2) is 0 Å². The molecule has 2 nitrogen and oxygen atoms in total. The van der Waals surface area contributed by atoms with Crippen molar-refractivity contribution in [3.8, 4) is 5.75 Å². The second kappa shape index (κ2) is 4.53. The number of hydrogen-bond acceptors (Lipinski definition) is 2. The van der Waals surface area contributed by atoms with Crippen LogP contribution < -0.4 is 10.5 Å². The molecule has 0 aromatic heterocycles. The molecule has 0 saturated heterocycles. The van der Waals surface area contributed by atoms with Gasteiger partial charge in [-0.3, -0.25) is 0 Å². The molecule has 0 amide bonds. The fraction of sp³-hybridized carbons (Fsp3) is 0.400. The molecule has 0 radical (unpaired) electrons. The highest BCUT2D eigenvalue weighted by Crippen LogP contribution is 2.30. The molecule has 0 saturated carbocycles. The minimum atomic E-state index is -4.41. The molecule has 1 aromatic carbocycles. The molecule has 5 heteroatoms. The van der Waals surface area contributed by atoms with Crippen LogP contribution in [0, 0.1) is 0 Å². The molecule has 0 aliphatic rings. The Labute approximate surface area is 85.8 Å². The van der Waals surface area contributed by atoms with E-state index >= 15 is 0 Å². The quantitative estimate of drug-likeness (QED) is 0.848. The number of benzene rings is 1. The van der Waals surface area contributed by atoms with Gasteiger partial charge in [-0.05, 0) is 24.6 Å². The molecule has 0 unspecified atom stereocenters. The summed E-state index contributed by atoms with van der Waals surface area (Å²) in [7, 11) is 0. The lowest BCUT2D eigenvalue weighted by atomic mass is 10.1. The summed E-state index contributed by atoms with van der Waals surface area (Å²) < 4.78 is 41.8. The minimum Gasteiger partial charge on any atom is -0.494 e. The molecule has 2 N–H and O–H groups in total. The lowest BCUT2D eigenvalue weighted by Crippen LogP contribution is -2.28. The SMILES string of the molecule is CCOc1ccc([C@@H](N)C(F)(F)F)cc1. The topological polar surface area (TPSA) is 35.2 Å². The number of halogens is 3. The molecule has 0 aliphatic carbocycles. The summed E-state index contributed by atoms with van der Waals surface area (Å²) in [6, 6.07) is 3.66. The Balaban J connectivity index is 2.80. The largest absolute Gasteiger partial charge is 0.494 e. The smallest absolute Gasteiger partial charge is 0.407 e. The van der Waals surface area contributed by atoms with Crippen molar-refractivity contribution in [1.82, 2.24) is 0 Å². The average Bonchev–Trinajstić information content (AvgIpc) is 2.17. The van der Waals surface area contributed by atoms with Crippen molar-refractivity contribution in [3.05, 3.63) is 29.8 Å². The van der Waals surface area contributed by atoms with E-state index < -0.39 is 12.2 Å². The number of ether oxygens (including phenoxy) is 1. The van der Waals surface area contributed by atoms with Gasteiger partial charge in [0.15, 0.2) is 0 Å². The summed E-state index contributed by atoms with van der Waals surface area (Å²) in [6.45, 7) is 2.28. The monoisotopic (exact) mass is 219 g/mol. The molecular weight excluding hydrogens is 207 g/mol. The predicted octanol–water partition coefficient (Wildman–Crippen LogP) is 2.65. The van der Waals surface area contributed by atoms with E-state index in [9.17, 15) is 13.2 Å². The molecule has 1 aromatic rings. The van der Waals surface area contributed by atoms with Gasteiger partial charge in [0.1, 0.15) is 11.8 Å². The second-order valence-corrected chi connectivity index (χ2v) is 3.02. The first-order chi connectivity index (χ1) is 6.95. The standard InChI is InChI=1S/C10H12F3NO/c1-2-15-8-5-3-7(4-6-8)9(14)10(11,12)13/h3-6,9H,2,14H2,1H3/t9-/m1/s1. The highest BCUT2D eigenvalue weighted by molar-refractivity contribution is 5.29. The van der Waals surface area contributed by atoms with E-state index in [4.69, 9.17) is 10.5 Å². The van der Waals surface area contributed by atoms with E-state index in [1.165, 1.54) is 24.3 Å². The molecule has 0 heterocycles. The molecule has 1 rings (SSSR count). The van der Waals surface area contributed by atoms with E-state index in [1.807, 2.05) is 0 Å². The van der Waals surface area contributed by atoms with Crippen molar-refractivity contribution in [2.75, 3.05) is 6.61 Å². The van der Waals surface area contributed by atoms with Gasteiger partial charge in [0, 0.05) is 0 Å². The zero-order chi connectivity index (χ0) is 11.5. The summed E-state index contributed by atoms with van der Waals surface area (Å²) in [4.78, 5) is 0. The van der Waals surface area contributed by atoms with Gasteiger partial charge in [-0.2, -0.15) is 13.2 Å². The zero-order valence-corrected chi connectivity index (χ0v) is 8.21. The Bertz CT molecular complexity index is 307. The fourth-order valence-electron chi connectivity index (χ4n) is 1.13. The number of nitrogens with two attached hydrogens (primary N) is 1. The Kier molecular flexibility index (Phi) is 3.57. The van der Waals surface area contributed by atoms with E-state index in [0.29, 0.717) is 12.4 Å². The average molecular weight is 219 g/mol. The maximum atomic E-state index is 12.2. The summed E-state index contributed by atoms with van der Waals surface area (Å²) in [5.41, 5.74) is 5.06. The van der Waals surface area contributed by atoms with E-state index in [-0.39, 0.29) is 5.56 Å². The molecule has 15 heavy (non-hydrogen) atoms. The Morgan fingerprint density at radius 2 is 1.80 bits per heavy atom. The van der Waals surface area contributed by atoms with Crippen LogP contribution in [-0.4, -0.2) is 12.8 Å². The van der Waals surface area contributed by atoms with Crippen molar-refractivity contribution in [2.24, 2.45) is 5.73 Å². The summed E-state index contributed by atoms with van der Waals surface area (Å²) in [5, 5.41) is 0. The van der Waals surface area contributed by atoms with Gasteiger partial charge >= 0.3 is 6.18 Å². The molecule has 0 bridgehead atoms. The van der Waals surface area contributed by atoms with Crippen LogP contribution in [0.3, 0.4) is 0 Å². The van der Waals surface area contributed by atoms with Gasteiger partial charge in [-0.1, -0.05) is 12.1 Å². The molecule has 84 valence electrons. The first-order valence-corrected chi connectivity index (χ1v) is 4.50. The van der Waals surface area contributed by atoms with Crippen molar-refractivity contribution in [3.63, 3.8) is 0 Å². The number of rotatable bonds is 3. The minimum absolute atomic E-state index is 0.0333. The third-order valence-corrected chi connectivity index (χ3v) is 1.90. The van der Waals surface area contributed by atoms with Crippen LogP contribution >= 0.6 is 0 Å². The maximum Gasteiger partial charge on any atom is 0.407 e. The molecular formula is C10H12F3NO. The van der Waals surface area contributed by atoms with Crippen molar-refractivity contribution >= 4 is 0 Å². The molecule has 1 atom stereocenters. The lowest BCUT2D eigenvalue weighted by molar-refractivity contribution is -0.149. The molecule has 0 fully saturated rings. The van der Waals surface area contributed by atoms with Crippen LogP contribution in [0.2, 0.25) is 0 Å². The van der Waals surface area contributed by atoms with Gasteiger partial charge in [0.2, 0.25) is 0 Å². The van der Waals surface area contributed by atoms with Crippen LogP contribution in [-0.2, 0) is 0 Å². The van der Waals surface area contributed by atoms with Crippen LogP contribution in [0.15, 0.2) is 24.3 Å². The van der Waals surface area contributed by atoms with E-state index in [2.05, 4.69) is 0 Å². The van der Waals surface area contributed by atoms with Gasteiger partial charge in [-0.15, -0.1) is 0 Å². The van der Waals surface area contributed by atoms with E-state index in [0.717, 1.165) is 0 Å². The fourth-order valence-corrected chi connectivity index (χ4v) is 1.13. The highest BCUT2D eigenvalue weighted by atomic mass is 19.4. The zero-order valence-electron chi connectivity index (χ0n) is 8.21. The maximum absolute atomic E-state index is 12.2. The normalized spacial score (nSPS) is 13.7. The third kappa shape index (κ3) is 3.13. The van der Waals surface area contributed by atoms with Crippen LogP contribution in [0.5, 0.6) is 5.75 Å².